The predicted molar refractivity (Wildman–Crippen MR) is 49.1 cm³/mol. The number of ether oxygens (including phenoxy) is 1. The van der Waals surface area contributed by atoms with E-state index in [4.69, 9.17) is 5.11 Å². The maximum Gasteiger partial charge on any atom is 0.414 e. The zero-order chi connectivity index (χ0) is 12.3. The summed E-state index contributed by atoms with van der Waals surface area (Å²) in [6.45, 7) is 0.378. The summed E-state index contributed by atoms with van der Waals surface area (Å²) in [5.41, 5.74) is 0. The highest BCUT2D eigenvalue weighted by molar-refractivity contribution is 5.73. The molecule has 1 aliphatic rings. The molecule has 0 aliphatic heterocycles. The number of hydrogen-bond acceptors (Lipinski definition) is 3. The van der Waals surface area contributed by atoms with Crippen molar-refractivity contribution in [3.8, 4) is 0 Å². The normalized spacial score (nSPS) is 20.5. The van der Waals surface area contributed by atoms with Gasteiger partial charge in [-0.05, 0) is 19.8 Å². The summed E-state index contributed by atoms with van der Waals surface area (Å²) in [5.74, 6) is -1.19. The van der Waals surface area contributed by atoms with Gasteiger partial charge in [0.1, 0.15) is 6.04 Å². The molecule has 0 spiro atoms. The van der Waals surface area contributed by atoms with Gasteiger partial charge in [0.25, 0.3) is 0 Å². The Balaban J connectivity index is 2.34. The molecule has 1 fully saturated rings. The molecule has 2 unspecified atom stereocenters. The van der Waals surface area contributed by atoms with E-state index in [0.717, 1.165) is 19.8 Å². The number of hydrogen-bond donors (Lipinski definition) is 2. The SMILES string of the molecule is CC(OCC(NC1CC1)C(=O)O)C(F)(F)F. The second-order valence-electron chi connectivity index (χ2n) is 3.85. The van der Waals surface area contributed by atoms with Crippen molar-refractivity contribution in [3.63, 3.8) is 0 Å². The minimum atomic E-state index is -4.46. The average Bonchev–Trinajstić information content (AvgIpc) is 2.92. The standard InChI is InChI=1S/C9H14F3NO3/c1-5(9(10,11)12)16-4-7(8(14)15)13-6-2-3-6/h5-7,13H,2-4H2,1H3,(H,14,15). The molecule has 1 aliphatic carbocycles. The Morgan fingerprint density at radius 1 is 1.56 bits per heavy atom. The van der Waals surface area contributed by atoms with Gasteiger partial charge in [-0.25, -0.2) is 0 Å². The van der Waals surface area contributed by atoms with Gasteiger partial charge in [0.2, 0.25) is 0 Å². The molecule has 16 heavy (non-hydrogen) atoms. The summed E-state index contributed by atoms with van der Waals surface area (Å²) >= 11 is 0. The van der Waals surface area contributed by atoms with E-state index in [2.05, 4.69) is 10.1 Å². The van der Waals surface area contributed by atoms with Crippen molar-refractivity contribution in [3.05, 3.63) is 0 Å². The molecule has 0 saturated heterocycles. The molecule has 7 heteroatoms. The molecule has 0 aromatic carbocycles. The van der Waals surface area contributed by atoms with Gasteiger partial charge in [0, 0.05) is 6.04 Å². The molecule has 4 nitrogen and oxygen atoms in total. The van der Waals surface area contributed by atoms with E-state index in [9.17, 15) is 18.0 Å². The number of rotatable bonds is 6. The molecule has 1 saturated carbocycles. The highest BCUT2D eigenvalue weighted by atomic mass is 19.4. The minimum absolute atomic E-state index is 0.103. The Morgan fingerprint density at radius 3 is 2.50 bits per heavy atom. The molecule has 0 aromatic rings. The van der Waals surface area contributed by atoms with Crippen LogP contribution in [0.4, 0.5) is 13.2 Å². The smallest absolute Gasteiger partial charge is 0.414 e. The van der Waals surface area contributed by atoms with Crippen molar-refractivity contribution in [2.24, 2.45) is 0 Å². The highest BCUT2D eigenvalue weighted by Crippen LogP contribution is 2.23. The molecular formula is C9H14F3NO3. The van der Waals surface area contributed by atoms with Gasteiger partial charge in [-0.2, -0.15) is 13.2 Å². The Hall–Kier alpha value is -0.820. The van der Waals surface area contributed by atoms with Crippen molar-refractivity contribution in [1.29, 1.82) is 0 Å². The van der Waals surface area contributed by atoms with Crippen LogP contribution in [0.5, 0.6) is 0 Å². The first-order chi connectivity index (χ1) is 7.30. The summed E-state index contributed by atoms with van der Waals surface area (Å²) in [7, 11) is 0. The fraction of sp³-hybridized carbons (Fsp3) is 0.889. The van der Waals surface area contributed by atoms with Crippen LogP contribution in [0.2, 0.25) is 0 Å². The van der Waals surface area contributed by atoms with Gasteiger partial charge in [-0.15, -0.1) is 0 Å². The minimum Gasteiger partial charge on any atom is -0.480 e. The zero-order valence-corrected chi connectivity index (χ0v) is 8.75. The molecule has 0 aromatic heterocycles. The fourth-order valence-electron chi connectivity index (χ4n) is 1.06. The van der Waals surface area contributed by atoms with E-state index in [-0.39, 0.29) is 6.04 Å². The quantitative estimate of drug-likeness (QED) is 0.732. The molecule has 0 amide bonds. The monoisotopic (exact) mass is 241 g/mol. The van der Waals surface area contributed by atoms with Gasteiger partial charge in [-0.1, -0.05) is 0 Å². The van der Waals surface area contributed by atoms with E-state index in [1.165, 1.54) is 0 Å². The second-order valence-corrected chi connectivity index (χ2v) is 3.85. The Kier molecular flexibility index (Phi) is 4.15. The number of carboxylic acid groups (broad SMARTS) is 1. The lowest BCUT2D eigenvalue weighted by Crippen LogP contribution is -2.44. The first-order valence-corrected chi connectivity index (χ1v) is 4.98. The maximum absolute atomic E-state index is 12.1. The number of alkyl halides is 3. The Bertz CT molecular complexity index is 253. The summed E-state index contributed by atoms with van der Waals surface area (Å²) in [6, 6.07) is -0.969. The van der Waals surface area contributed by atoms with Crippen LogP contribution < -0.4 is 5.32 Å². The van der Waals surface area contributed by atoms with Crippen LogP contribution >= 0.6 is 0 Å². The van der Waals surface area contributed by atoms with Gasteiger partial charge < -0.3 is 9.84 Å². The molecule has 1 rings (SSSR count). The summed E-state index contributed by atoms with van der Waals surface area (Å²) in [5, 5.41) is 11.4. The average molecular weight is 241 g/mol. The van der Waals surface area contributed by atoms with Crippen molar-refractivity contribution in [1.82, 2.24) is 5.32 Å². The molecular weight excluding hydrogens is 227 g/mol. The van der Waals surface area contributed by atoms with Crippen LogP contribution in [0.15, 0.2) is 0 Å². The lowest BCUT2D eigenvalue weighted by molar-refractivity contribution is -0.216. The van der Waals surface area contributed by atoms with Crippen molar-refractivity contribution in [2.75, 3.05) is 6.61 Å². The highest BCUT2D eigenvalue weighted by Gasteiger charge is 2.38. The maximum atomic E-state index is 12.1. The van der Waals surface area contributed by atoms with E-state index in [0.29, 0.717) is 0 Å². The molecule has 2 N–H and O–H groups in total. The van der Waals surface area contributed by atoms with E-state index < -0.39 is 30.9 Å². The predicted octanol–water partition coefficient (Wildman–Crippen LogP) is 1.16. The molecule has 0 radical (unpaired) electrons. The fourth-order valence-corrected chi connectivity index (χ4v) is 1.06. The van der Waals surface area contributed by atoms with E-state index in [1.54, 1.807) is 0 Å². The first-order valence-electron chi connectivity index (χ1n) is 4.98. The first kappa shape index (κ1) is 13.2. The third kappa shape index (κ3) is 4.36. The van der Waals surface area contributed by atoms with Gasteiger partial charge >= 0.3 is 12.1 Å². The topological polar surface area (TPSA) is 58.6 Å². The number of halogens is 3. The summed E-state index contributed by atoms with van der Waals surface area (Å²) in [6.07, 6.45) is -4.69. The largest absolute Gasteiger partial charge is 0.480 e. The zero-order valence-electron chi connectivity index (χ0n) is 8.75. The van der Waals surface area contributed by atoms with Crippen molar-refractivity contribution < 1.29 is 27.8 Å². The van der Waals surface area contributed by atoms with E-state index in [1.807, 2.05) is 0 Å². The Morgan fingerprint density at radius 2 is 2.12 bits per heavy atom. The summed E-state index contributed by atoms with van der Waals surface area (Å²) in [4.78, 5) is 10.7. The van der Waals surface area contributed by atoms with Crippen LogP contribution in [-0.4, -0.2) is 42.0 Å². The van der Waals surface area contributed by atoms with Gasteiger partial charge in [-0.3, -0.25) is 10.1 Å². The Labute approximate surface area is 90.8 Å². The number of nitrogens with one attached hydrogen (secondary N) is 1. The molecule has 2 atom stereocenters. The lowest BCUT2D eigenvalue weighted by atomic mass is 10.3. The van der Waals surface area contributed by atoms with Crippen LogP contribution in [0, 0.1) is 0 Å². The third-order valence-corrected chi connectivity index (χ3v) is 2.29. The van der Waals surface area contributed by atoms with Crippen LogP contribution in [-0.2, 0) is 9.53 Å². The number of carboxylic acids is 1. The molecule has 0 heterocycles. The van der Waals surface area contributed by atoms with Crippen molar-refractivity contribution in [2.45, 2.75) is 44.1 Å². The third-order valence-electron chi connectivity index (χ3n) is 2.29. The number of carbonyl (C=O) groups is 1. The number of aliphatic carboxylic acids is 1. The molecule has 0 bridgehead atoms. The summed E-state index contributed by atoms with van der Waals surface area (Å²) < 4.78 is 40.7. The van der Waals surface area contributed by atoms with Crippen LogP contribution in [0.1, 0.15) is 19.8 Å². The van der Waals surface area contributed by atoms with Crippen molar-refractivity contribution >= 4 is 5.97 Å². The van der Waals surface area contributed by atoms with Crippen LogP contribution in [0.25, 0.3) is 0 Å². The lowest BCUT2D eigenvalue weighted by Gasteiger charge is -2.20. The second kappa shape index (κ2) is 5.01. The van der Waals surface area contributed by atoms with Gasteiger partial charge in [0.15, 0.2) is 6.10 Å². The van der Waals surface area contributed by atoms with Gasteiger partial charge in [0.05, 0.1) is 6.61 Å². The van der Waals surface area contributed by atoms with Crippen LogP contribution in [0.3, 0.4) is 0 Å². The van der Waals surface area contributed by atoms with E-state index >= 15 is 0 Å². The molecule has 94 valence electrons.